The number of anilines is 1. The Morgan fingerprint density at radius 1 is 1.23 bits per heavy atom. The first kappa shape index (κ1) is 23.5. The van der Waals surface area contributed by atoms with E-state index >= 15 is 0 Å². The molecule has 2 aromatic rings. The number of carbonyl (C=O) groups excluding carboxylic acids is 2. The molecule has 1 amide bonds. The number of esters is 1. The summed E-state index contributed by atoms with van der Waals surface area (Å²) in [6.07, 6.45) is 2.97. The van der Waals surface area contributed by atoms with Gasteiger partial charge in [0, 0.05) is 5.69 Å². The van der Waals surface area contributed by atoms with E-state index in [1.165, 1.54) is 37.5 Å². The summed E-state index contributed by atoms with van der Waals surface area (Å²) in [7, 11) is 1.28. The van der Waals surface area contributed by atoms with Gasteiger partial charge in [-0.1, -0.05) is 24.3 Å². The Labute approximate surface area is 185 Å². The van der Waals surface area contributed by atoms with E-state index in [1.54, 1.807) is 18.2 Å². The van der Waals surface area contributed by atoms with E-state index in [0.29, 0.717) is 34.9 Å². The summed E-state index contributed by atoms with van der Waals surface area (Å²) in [6, 6.07) is 11.2. The van der Waals surface area contributed by atoms with E-state index in [-0.39, 0.29) is 17.2 Å². The number of rotatable bonds is 9. The number of nitriles is 1. The van der Waals surface area contributed by atoms with Crippen LogP contribution in [-0.4, -0.2) is 32.2 Å². The van der Waals surface area contributed by atoms with E-state index in [4.69, 9.17) is 21.1 Å². The van der Waals surface area contributed by atoms with Crippen molar-refractivity contribution in [2.75, 3.05) is 25.6 Å². The molecule has 0 aliphatic heterocycles. The topological polar surface area (TPSA) is 97.7 Å². The number of ether oxygens (including phenoxy) is 3. The molecule has 0 bridgehead atoms. The first-order valence-corrected chi connectivity index (χ1v) is 9.62. The van der Waals surface area contributed by atoms with Gasteiger partial charge in [0.05, 0.1) is 24.3 Å². The average molecular weight is 441 g/mol. The molecule has 0 radical (unpaired) electrons. The van der Waals surface area contributed by atoms with Crippen LogP contribution < -0.4 is 14.8 Å². The van der Waals surface area contributed by atoms with E-state index < -0.39 is 11.9 Å². The molecule has 0 spiro atoms. The second-order valence-electron chi connectivity index (χ2n) is 6.06. The van der Waals surface area contributed by atoms with Crippen molar-refractivity contribution < 1.29 is 23.8 Å². The fraction of sp³-hybridized carbons (Fsp3) is 0.174. The van der Waals surface area contributed by atoms with E-state index in [2.05, 4.69) is 16.6 Å². The minimum absolute atomic E-state index is 0.143. The Balaban J connectivity index is 2.27. The normalized spacial score (nSPS) is 10.6. The molecule has 1 N–H and O–H groups in total. The first-order chi connectivity index (χ1) is 14.9. The van der Waals surface area contributed by atoms with Gasteiger partial charge in [0.2, 0.25) is 0 Å². The zero-order chi connectivity index (χ0) is 22.8. The highest BCUT2D eigenvalue weighted by atomic mass is 35.5. The molecule has 0 aliphatic carbocycles. The smallest absolute Gasteiger partial charge is 0.337 e. The van der Waals surface area contributed by atoms with Crippen molar-refractivity contribution in [2.45, 2.75) is 6.92 Å². The second kappa shape index (κ2) is 11.4. The zero-order valence-corrected chi connectivity index (χ0v) is 17.9. The first-order valence-electron chi connectivity index (χ1n) is 9.25. The highest BCUT2D eigenvalue weighted by Crippen LogP contribution is 2.37. The molecule has 0 saturated carbocycles. The fourth-order valence-corrected chi connectivity index (χ4v) is 2.81. The number of benzene rings is 2. The third kappa shape index (κ3) is 6.36. The van der Waals surface area contributed by atoms with Gasteiger partial charge in [-0.2, -0.15) is 5.26 Å². The van der Waals surface area contributed by atoms with Crippen molar-refractivity contribution in [2.24, 2.45) is 0 Å². The van der Waals surface area contributed by atoms with Crippen molar-refractivity contribution in [1.29, 1.82) is 5.26 Å². The van der Waals surface area contributed by atoms with Crippen LogP contribution in [0.25, 0.3) is 6.08 Å². The number of nitrogens with one attached hydrogen (secondary N) is 1. The number of carbonyl (C=O) groups is 2. The lowest BCUT2D eigenvalue weighted by Gasteiger charge is -2.13. The van der Waals surface area contributed by atoms with Gasteiger partial charge in [-0.05, 0) is 55.0 Å². The Morgan fingerprint density at radius 3 is 2.52 bits per heavy atom. The van der Waals surface area contributed by atoms with Crippen molar-refractivity contribution >= 4 is 35.2 Å². The third-order valence-corrected chi connectivity index (χ3v) is 4.20. The highest BCUT2D eigenvalue weighted by molar-refractivity contribution is 6.32. The monoisotopic (exact) mass is 440 g/mol. The third-order valence-electron chi connectivity index (χ3n) is 3.92. The molecule has 0 atom stereocenters. The van der Waals surface area contributed by atoms with Crippen molar-refractivity contribution in [3.8, 4) is 17.6 Å². The molecule has 0 aliphatic rings. The predicted molar refractivity (Wildman–Crippen MR) is 118 cm³/mol. The van der Waals surface area contributed by atoms with Crippen molar-refractivity contribution in [3.05, 3.63) is 70.8 Å². The van der Waals surface area contributed by atoms with Gasteiger partial charge in [-0.3, -0.25) is 4.79 Å². The zero-order valence-electron chi connectivity index (χ0n) is 17.1. The van der Waals surface area contributed by atoms with Crippen molar-refractivity contribution in [1.82, 2.24) is 0 Å². The minimum atomic E-state index is -0.616. The predicted octanol–water partition coefficient (Wildman–Crippen LogP) is 4.64. The largest absolute Gasteiger partial charge is 0.490 e. The number of halogens is 1. The van der Waals surface area contributed by atoms with Crippen LogP contribution in [0.1, 0.15) is 22.8 Å². The molecule has 7 nitrogen and oxygen atoms in total. The summed E-state index contributed by atoms with van der Waals surface area (Å²) >= 11 is 6.30. The van der Waals surface area contributed by atoms with Gasteiger partial charge in [0.15, 0.2) is 11.5 Å². The van der Waals surface area contributed by atoms with Crippen molar-refractivity contribution in [3.63, 3.8) is 0 Å². The van der Waals surface area contributed by atoms with Gasteiger partial charge in [0.25, 0.3) is 5.91 Å². The van der Waals surface area contributed by atoms with E-state index in [1.807, 2.05) is 13.0 Å². The lowest BCUT2D eigenvalue weighted by Crippen LogP contribution is -2.13. The van der Waals surface area contributed by atoms with Crippen LogP contribution in [0.3, 0.4) is 0 Å². The average Bonchev–Trinajstić information content (AvgIpc) is 2.77. The molecule has 0 fully saturated rings. The fourth-order valence-electron chi connectivity index (χ4n) is 2.54. The number of amides is 1. The van der Waals surface area contributed by atoms with Gasteiger partial charge in [-0.15, -0.1) is 0 Å². The van der Waals surface area contributed by atoms with Crippen LogP contribution in [0.15, 0.2) is 54.6 Å². The van der Waals surface area contributed by atoms with Gasteiger partial charge < -0.3 is 19.5 Å². The number of hydrogen-bond acceptors (Lipinski definition) is 6. The van der Waals surface area contributed by atoms with Crippen LogP contribution in [0, 0.1) is 11.3 Å². The molecule has 0 heterocycles. The number of hydrogen-bond donors (Lipinski definition) is 1. The maximum Gasteiger partial charge on any atom is 0.337 e. The summed E-state index contributed by atoms with van der Waals surface area (Å²) in [6.45, 7) is 6.03. The maximum absolute atomic E-state index is 12.5. The molecule has 0 saturated heterocycles. The van der Waals surface area contributed by atoms with Crippen LogP contribution in [0.4, 0.5) is 5.69 Å². The molecule has 2 rings (SSSR count). The highest BCUT2D eigenvalue weighted by Gasteiger charge is 2.15. The quantitative estimate of drug-likeness (QED) is 0.264. The molecular formula is C23H21ClN2O5. The maximum atomic E-state index is 12.5. The van der Waals surface area contributed by atoms with E-state index in [0.717, 1.165) is 0 Å². The number of nitrogens with zero attached hydrogens (tertiary/aromatic N) is 1. The molecule has 0 unspecified atom stereocenters. The second-order valence-corrected chi connectivity index (χ2v) is 6.46. The lowest BCUT2D eigenvalue weighted by atomic mass is 10.1. The van der Waals surface area contributed by atoms with Gasteiger partial charge in [-0.25, -0.2) is 4.79 Å². The van der Waals surface area contributed by atoms with Gasteiger partial charge >= 0.3 is 5.97 Å². The Kier molecular flexibility index (Phi) is 8.67. The van der Waals surface area contributed by atoms with Crippen LogP contribution >= 0.6 is 11.6 Å². The molecule has 2 aromatic carbocycles. The Morgan fingerprint density at radius 2 is 1.94 bits per heavy atom. The Hall–Kier alpha value is -3.76. The van der Waals surface area contributed by atoms with E-state index in [9.17, 15) is 14.9 Å². The molecule has 8 heteroatoms. The molecule has 160 valence electrons. The summed E-state index contributed by atoms with van der Waals surface area (Å²) in [5, 5.41) is 12.3. The standard InChI is InChI=1S/C23H21ClN2O5/c1-4-10-31-21-19(24)12-15(13-20(21)30-5-2)11-17(14-25)22(27)26-18-8-6-16(7-9-18)23(28)29-3/h4,6-9,11-13H,1,5,10H2,2-3H3,(H,26,27)/b17-11+. The number of methoxy groups -OCH3 is 1. The van der Waals surface area contributed by atoms with Crippen LogP contribution in [0.2, 0.25) is 5.02 Å². The Bertz CT molecular complexity index is 1040. The van der Waals surface area contributed by atoms with Gasteiger partial charge in [0.1, 0.15) is 18.2 Å². The minimum Gasteiger partial charge on any atom is -0.490 e. The summed E-state index contributed by atoms with van der Waals surface area (Å²) in [5.41, 5.74) is 1.11. The van der Waals surface area contributed by atoms with Crippen LogP contribution in [-0.2, 0) is 9.53 Å². The summed E-state index contributed by atoms with van der Waals surface area (Å²) in [5.74, 6) is -0.360. The summed E-state index contributed by atoms with van der Waals surface area (Å²) in [4.78, 5) is 24.0. The van der Waals surface area contributed by atoms with Crippen LogP contribution in [0.5, 0.6) is 11.5 Å². The SMILES string of the molecule is C=CCOc1c(Cl)cc(/C=C(\C#N)C(=O)Nc2ccc(C(=O)OC)cc2)cc1OCC. The molecule has 0 aromatic heterocycles. The molecular weight excluding hydrogens is 420 g/mol. The molecule has 31 heavy (non-hydrogen) atoms. The summed E-state index contributed by atoms with van der Waals surface area (Å²) < 4.78 is 15.7. The lowest BCUT2D eigenvalue weighted by molar-refractivity contribution is -0.112.